The van der Waals surface area contributed by atoms with E-state index in [9.17, 15) is 13.0 Å². The van der Waals surface area contributed by atoms with Crippen LogP contribution in [0.15, 0.2) is 30.6 Å². The van der Waals surface area contributed by atoms with Crippen molar-refractivity contribution in [3.05, 3.63) is 30.6 Å². The SMILES string of the molecule is O=S(=O)([O-])CCCn1cnc2ccccc21. The first-order valence-electron chi connectivity index (χ1n) is 4.90. The topological polar surface area (TPSA) is 75.0 Å². The molecule has 5 nitrogen and oxygen atoms in total. The molecule has 0 aliphatic heterocycles. The fourth-order valence-electron chi connectivity index (χ4n) is 1.60. The molecule has 1 heterocycles. The summed E-state index contributed by atoms with van der Waals surface area (Å²) < 4.78 is 33.2. The number of hydrogen-bond donors (Lipinski definition) is 0. The molecular weight excluding hydrogens is 228 g/mol. The Bertz CT molecular complexity index is 589. The molecule has 0 aliphatic rings. The van der Waals surface area contributed by atoms with Crippen LogP contribution < -0.4 is 0 Å². The van der Waals surface area contributed by atoms with E-state index in [0.717, 1.165) is 11.0 Å². The summed E-state index contributed by atoms with van der Waals surface area (Å²) in [5.41, 5.74) is 1.82. The maximum Gasteiger partial charge on any atom is 0.0958 e. The van der Waals surface area contributed by atoms with Gasteiger partial charge in [0.05, 0.1) is 27.5 Å². The van der Waals surface area contributed by atoms with Gasteiger partial charge in [-0.15, -0.1) is 0 Å². The van der Waals surface area contributed by atoms with Crippen LogP contribution in [0.1, 0.15) is 6.42 Å². The average molecular weight is 239 g/mol. The molecule has 0 radical (unpaired) electrons. The van der Waals surface area contributed by atoms with E-state index in [4.69, 9.17) is 0 Å². The van der Waals surface area contributed by atoms with E-state index < -0.39 is 10.1 Å². The number of fused-ring (bicyclic) bond motifs is 1. The summed E-state index contributed by atoms with van der Waals surface area (Å²) >= 11 is 0. The summed E-state index contributed by atoms with van der Waals surface area (Å²) in [6.07, 6.45) is 1.97. The summed E-state index contributed by atoms with van der Waals surface area (Å²) in [7, 11) is -4.11. The maximum atomic E-state index is 10.4. The van der Waals surface area contributed by atoms with E-state index in [1.807, 2.05) is 28.8 Å². The molecule has 0 saturated heterocycles. The predicted molar refractivity (Wildman–Crippen MR) is 58.9 cm³/mol. The van der Waals surface area contributed by atoms with Gasteiger partial charge in [0, 0.05) is 12.3 Å². The predicted octanol–water partition coefficient (Wildman–Crippen LogP) is 0.972. The summed E-state index contributed by atoms with van der Waals surface area (Å²) in [6.45, 7) is 0.488. The van der Waals surface area contributed by atoms with E-state index >= 15 is 0 Å². The van der Waals surface area contributed by atoms with Crippen molar-refractivity contribution < 1.29 is 13.0 Å². The van der Waals surface area contributed by atoms with Crippen molar-refractivity contribution in [1.82, 2.24) is 9.55 Å². The molecule has 0 saturated carbocycles. The van der Waals surface area contributed by atoms with Crippen LogP contribution in [-0.4, -0.2) is 28.3 Å². The Morgan fingerprint density at radius 3 is 2.81 bits per heavy atom. The highest BCUT2D eigenvalue weighted by molar-refractivity contribution is 7.85. The first-order valence-corrected chi connectivity index (χ1v) is 6.47. The minimum atomic E-state index is -4.11. The number of para-hydroxylation sites is 2. The first kappa shape index (κ1) is 11.1. The number of hydrogen-bond acceptors (Lipinski definition) is 4. The maximum absolute atomic E-state index is 10.4. The lowest BCUT2D eigenvalue weighted by Gasteiger charge is -2.07. The number of nitrogens with zero attached hydrogens (tertiary/aromatic N) is 2. The Morgan fingerprint density at radius 1 is 1.31 bits per heavy atom. The van der Waals surface area contributed by atoms with Crippen LogP contribution in [0.4, 0.5) is 0 Å². The van der Waals surface area contributed by atoms with Crippen molar-refractivity contribution in [3.8, 4) is 0 Å². The minimum absolute atomic E-state index is 0.312. The van der Waals surface area contributed by atoms with Crippen LogP contribution in [0.25, 0.3) is 11.0 Å². The monoisotopic (exact) mass is 239 g/mol. The number of benzene rings is 1. The highest BCUT2D eigenvalue weighted by atomic mass is 32.2. The second-order valence-electron chi connectivity index (χ2n) is 3.54. The summed E-state index contributed by atoms with van der Waals surface area (Å²) in [4.78, 5) is 4.17. The molecule has 0 fully saturated rings. The number of rotatable bonds is 4. The van der Waals surface area contributed by atoms with Gasteiger partial charge in [0.1, 0.15) is 0 Å². The Balaban J connectivity index is 2.10. The smallest absolute Gasteiger partial charge is 0.0958 e. The van der Waals surface area contributed by atoms with Gasteiger partial charge in [0.15, 0.2) is 0 Å². The normalized spacial score (nSPS) is 12.1. The largest absolute Gasteiger partial charge is 0.748 e. The summed E-state index contributed by atoms with van der Waals surface area (Å²) in [5.74, 6) is -0.334. The van der Waals surface area contributed by atoms with Crippen LogP contribution in [0, 0.1) is 0 Å². The Kier molecular flexibility index (Phi) is 2.93. The van der Waals surface area contributed by atoms with E-state index in [0.29, 0.717) is 13.0 Å². The van der Waals surface area contributed by atoms with Crippen molar-refractivity contribution in [2.45, 2.75) is 13.0 Å². The molecule has 1 aromatic heterocycles. The molecular formula is C10H11N2O3S-. The average Bonchev–Trinajstić information content (AvgIpc) is 2.60. The second-order valence-corrected chi connectivity index (χ2v) is 5.07. The molecule has 86 valence electrons. The molecule has 16 heavy (non-hydrogen) atoms. The molecule has 0 amide bonds. The Hall–Kier alpha value is -1.40. The molecule has 2 aromatic rings. The molecule has 0 unspecified atom stereocenters. The third kappa shape index (κ3) is 2.59. The van der Waals surface area contributed by atoms with Crippen LogP contribution in [-0.2, 0) is 16.7 Å². The third-order valence-corrected chi connectivity index (χ3v) is 3.11. The van der Waals surface area contributed by atoms with E-state index in [1.54, 1.807) is 6.33 Å². The van der Waals surface area contributed by atoms with E-state index in [1.165, 1.54) is 0 Å². The van der Waals surface area contributed by atoms with Gasteiger partial charge in [-0.25, -0.2) is 13.4 Å². The second kappa shape index (κ2) is 4.23. The van der Waals surface area contributed by atoms with Gasteiger partial charge in [0.25, 0.3) is 0 Å². The summed E-state index contributed by atoms with van der Waals surface area (Å²) in [5, 5.41) is 0. The zero-order valence-corrected chi connectivity index (χ0v) is 9.35. The first-order chi connectivity index (χ1) is 7.56. The van der Waals surface area contributed by atoms with Gasteiger partial charge in [-0.05, 0) is 18.6 Å². The van der Waals surface area contributed by atoms with Gasteiger partial charge < -0.3 is 9.12 Å². The number of aryl methyl sites for hydroxylation is 1. The third-order valence-electron chi connectivity index (χ3n) is 2.32. The van der Waals surface area contributed by atoms with Crippen molar-refractivity contribution in [3.63, 3.8) is 0 Å². The van der Waals surface area contributed by atoms with Crippen molar-refractivity contribution in [1.29, 1.82) is 0 Å². The van der Waals surface area contributed by atoms with Crippen LogP contribution in [0.2, 0.25) is 0 Å². The van der Waals surface area contributed by atoms with Crippen LogP contribution in [0.3, 0.4) is 0 Å². The fourth-order valence-corrected chi connectivity index (χ4v) is 2.08. The van der Waals surface area contributed by atoms with Gasteiger partial charge >= 0.3 is 0 Å². The molecule has 0 atom stereocenters. The lowest BCUT2D eigenvalue weighted by molar-refractivity contribution is 0.459. The molecule has 1 aromatic carbocycles. The summed E-state index contributed by atoms with van der Waals surface area (Å²) in [6, 6.07) is 7.58. The van der Waals surface area contributed by atoms with Gasteiger partial charge in [-0.2, -0.15) is 0 Å². The highest BCUT2D eigenvalue weighted by Gasteiger charge is 2.01. The lowest BCUT2D eigenvalue weighted by atomic mass is 10.3. The Morgan fingerprint density at radius 2 is 2.06 bits per heavy atom. The van der Waals surface area contributed by atoms with Gasteiger partial charge in [-0.1, -0.05) is 12.1 Å². The minimum Gasteiger partial charge on any atom is -0.748 e. The molecule has 0 aliphatic carbocycles. The fraction of sp³-hybridized carbons (Fsp3) is 0.300. The molecule has 0 bridgehead atoms. The number of aromatic nitrogens is 2. The Labute approximate surface area is 93.5 Å². The van der Waals surface area contributed by atoms with Gasteiger partial charge in [-0.3, -0.25) is 0 Å². The van der Waals surface area contributed by atoms with Crippen molar-refractivity contribution in [2.24, 2.45) is 0 Å². The lowest BCUT2D eigenvalue weighted by Crippen LogP contribution is -2.07. The van der Waals surface area contributed by atoms with Crippen LogP contribution >= 0.6 is 0 Å². The van der Waals surface area contributed by atoms with Crippen LogP contribution in [0.5, 0.6) is 0 Å². The quantitative estimate of drug-likeness (QED) is 0.745. The number of imidazole rings is 1. The van der Waals surface area contributed by atoms with Crippen molar-refractivity contribution in [2.75, 3.05) is 5.75 Å². The van der Waals surface area contributed by atoms with E-state index in [-0.39, 0.29) is 5.75 Å². The molecule has 0 N–H and O–H groups in total. The van der Waals surface area contributed by atoms with E-state index in [2.05, 4.69) is 4.98 Å². The standard InChI is InChI=1S/C10H12N2O3S/c13-16(14,15)7-3-6-12-8-11-9-4-1-2-5-10(9)12/h1-2,4-5,8H,3,6-7H2,(H,13,14,15)/p-1. The molecule has 2 rings (SSSR count). The zero-order valence-electron chi connectivity index (χ0n) is 8.54. The highest BCUT2D eigenvalue weighted by Crippen LogP contribution is 2.12. The van der Waals surface area contributed by atoms with Gasteiger partial charge in [0.2, 0.25) is 0 Å². The molecule has 6 heteroatoms. The zero-order chi connectivity index (χ0) is 11.6. The molecule has 0 spiro atoms. The van der Waals surface area contributed by atoms with Crippen molar-refractivity contribution >= 4 is 21.2 Å².